The molecule has 0 saturated carbocycles. The molecule has 1 aliphatic rings. The number of hydrogen-bond acceptors (Lipinski definition) is 3. The SMILES string of the molecule is Cc1ccc(NC(=O)NCC2(C)CCCS2)cc1C(=O)O. The number of urea groups is 1. The van der Waals surface area contributed by atoms with Gasteiger partial charge in [-0.15, -0.1) is 0 Å². The van der Waals surface area contributed by atoms with E-state index >= 15 is 0 Å². The first kappa shape index (κ1) is 15.7. The molecule has 1 aromatic carbocycles. The second kappa shape index (κ2) is 6.39. The second-order valence-corrected chi connectivity index (χ2v) is 7.23. The minimum atomic E-state index is -0.994. The summed E-state index contributed by atoms with van der Waals surface area (Å²) < 4.78 is 0.108. The number of aromatic carboxylic acids is 1. The first-order chi connectivity index (χ1) is 9.89. The maximum absolute atomic E-state index is 11.9. The number of carboxylic acids is 1. The first-order valence-corrected chi connectivity index (χ1v) is 7.91. The van der Waals surface area contributed by atoms with Gasteiger partial charge in [-0.1, -0.05) is 6.07 Å². The highest BCUT2D eigenvalue weighted by molar-refractivity contribution is 8.00. The third-order valence-electron chi connectivity index (χ3n) is 3.65. The van der Waals surface area contributed by atoms with E-state index in [9.17, 15) is 9.59 Å². The number of hydrogen-bond donors (Lipinski definition) is 3. The fourth-order valence-corrected chi connectivity index (χ4v) is 3.59. The van der Waals surface area contributed by atoms with Crippen molar-refractivity contribution in [3.8, 4) is 0 Å². The number of amides is 2. The molecule has 1 aliphatic heterocycles. The van der Waals surface area contributed by atoms with E-state index in [1.54, 1.807) is 19.1 Å². The molecule has 1 fully saturated rings. The standard InChI is InChI=1S/C15H20N2O3S/c1-10-4-5-11(8-12(10)13(18)19)17-14(20)16-9-15(2)6-3-7-21-15/h4-5,8H,3,6-7,9H2,1-2H3,(H,18,19)(H2,16,17,20). The average molecular weight is 308 g/mol. The van der Waals surface area contributed by atoms with Crippen LogP contribution in [0.4, 0.5) is 10.5 Å². The second-order valence-electron chi connectivity index (χ2n) is 5.54. The van der Waals surface area contributed by atoms with E-state index in [2.05, 4.69) is 17.6 Å². The monoisotopic (exact) mass is 308 g/mol. The van der Waals surface area contributed by atoms with Gasteiger partial charge in [0.05, 0.1) is 5.56 Å². The Balaban J connectivity index is 1.93. The van der Waals surface area contributed by atoms with Gasteiger partial charge in [0.2, 0.25) is 0 Å². The van der Waals surface area contributed by atoms with E-state index in [-0.39, 0.29) is 16.3 Å². The van der Waals surface area contributed by atoms with Crippen LogP contribution in [0.25, 0.3) is 0 Å². The van der Waals surface area contributed by atoms with Gasteiger partial charge >= 0.3 is 12.0 Å². The number of aryl methyl sites for hydroxylation is 1. The van der Waals surface area contributed by atoms with Gasteiger partial charge in [-0.05, 0) is 50.1 Å². The van der Waals surface area contributed by atoms with Crippen LogP contribution in [0.1, 0.15) is 35.7 Å². The van der Waals surface area contributed by atoms with Crippen LogP contribution >= 0.6 is 11.8 Å². The summed E-state index contributed by atoms with van der Waals surface area (Å²) in [5, 5.41) is 14.6. The highest BCUT2D eigenvalue weighted by Crippen LogP contribution is 2.36. The van der Waals surface area contributed by atoms with Crippen molar-refractivity contribution in [2.45, 2.75) is 31.4 Å². The Hall–Kier alpha value is -1.69. The number of nitrogens with one attached hydrogen (secondary N) is 2. The predicted molar refractivity (Wildman–Crippen MR) is 85.3 cm³/mol. The molecule has 1 aromatic rings. The zero-order valence-corrected chi connectivity index (χ0v) is 13.0. The summed E-state index contributed by atoms with van der Waals surface area (Å²) in [6, 6.07) is 4.56. The van der Waals surface area contributed by atoms with E-state index in [1.807, 2.05) is 11.8 Å². The quantitative estimate of drug-likeness (QED) is 0.798. The summed E-state index contributed by atoms with van der Waals surface area (Å²) in [6.07, 6.45) is 2.29. The molecule has 3 N–H and O–H groups in total. The van der Waals surface area contributed by atoms with Crippen molar-refractivity contribution in [3.63, 3.8) is 0 Å². The minimum absolute atomic E-state index is 0.108. The molecule has 5 nitrogen and oxygen atoms in total. The van der Waals surface area contributed by atoms with Crippen molar-refractivity contribution in [1.29, 1.82) is 0 Å². The molecule has 1 heterocycles. The molecule has 1 unspecified atom stereocenters. The lowest BCUT2D eigenvalue weighted by Crippen LogP contribution is -2.39. The maximum atomic E-state index is 11.9. The molecule has 1 atom stereocenters. The largest absolute Gasteiger partial charge is 0.478 e. The number of carboxylic acid groups (broad SMARTS) is 1. The third-order valence-corrected chi connectivity index (χ3v) is 5.19. The number of rotatable bonds is 4. The zero-order valence-electron chi connectivity index (χ0n) is 12.2. The summed E-state index contributed by atoms with van der Waals surface area (Å²) in [4.78, 5) is 23.0. The average Bonchev–Trinajstić information content (AvgIpc) is 2.86. The van der Waals surface area contributed by atoms with Gasteiger partial charge in [-0.25, -0.2) is 9.59 Å². The van der Waals surface area contributed by atoms with E-state index < -0.39 is 5.97 Å². The molecule has 0 radical (unpaired) electrons. The first-order valence-electron chi connectivity index (χ1n) is 6.92. The van der Waals surface area contributed by atoms with Gasteiger partial charge in [0.15, 0.2) is 0 Å². The summed E-state index contributed by atoms with van der Waals surface area (Å²) in [6.45, 7) is 4.49. The highest BCUT2D eigenvalue weighted by Gasteiger charge is 2.29. The zero-order chi connectivity index (χ0) is 15.5. The lowest BCUT2D eigenvalue weighted by atomic mass is 10.1. The van der Waals surface area contributed by atoms with Crippen LogP contribution in [0.3, 0.4) is 0 Å². The molecule has 1 saturated heterocycles. The summed E-state index contributed by atoms with van der Waals surface area (Å²) in [5.41, 5.74) is 1.36. The molecule has 0 spiro atoms. The molecule has 114 valence electrons. The van der Waals surface area contributed by atoms with Crippen molar-refractivity contribution >= 4 is 29.4 Å². The molecule has 0 bridgehead atoms. The Bertz CT molecular complexity index is 554. The van der Waals surface area contributed by atoms with Crippen LogP contribution in [0, 0.1) is 6.92 Å². The van der Waals surface area contributed by atoms with Crippen LogP contribution in [-0.2, 0) is 0 Å². The van der Waals surface area contributed by atoms with Gasteiger partial charge in [0.1, 0.15) is 0 Å². The topological polar surface area (TPSA) is 78.4 Å². The van der Waals surface area contributed by atoms with E-state index in [1.165, 1.54) is 12.5 Å². The van der Waals surface area contributed by atoms with Crippen LogP contribution < -0.4 is 10.6 Å². The van der Waals surface area contributed by atoms with Crippen molar-refractivity contribution in [1.82, 2.24) is 5.32 Å². The smallest absolute Gasteiger partial charge is 0.336 e. The molecular formula is C15H20N2O3S. The van der Waals surface area contributed by atoms with Crippen LogP contribution in [0.15, 0.2) is 18.2 Å². The van der Waals surface area contributed by atoms with E-state index in [4.69, 9.17) is 5.11 Å². The summed E-state index contributed by atoms with van der Waals surface area (Å²) in [7, 11) is 0. The Morgan fingerprint density at radius 2 is 2.19 bits per heavy atom. The highest BCUT2D eigenvalue weighted by atomic mass is 32.2. The molecule has 2 amide bonds. The number of carbonyl (C=O) groups excluding carboxylic acids is 1. The molecular weight excluding hydrogens is 288 g/mol. The predicted octanol–water partition coefficient (Wildman–Crippen LogP) is 3.10. The Morgan fingerprint density at radius 1 is 1.43 bits per heavy atom. The lowest BCUT2D eigenvalue weighted by Gasteiger charge is -2.23. The van der Waals surface area contributed by atoms with E-state index in [0.29, 0.717) is 17.8 Å². The van der Waals surface area contributed by atoms with Crippen molar-refractivity contribution < 1.29 is 14.7 Å². The van der Waals surface area contributed by atoms with Gasteiger partial charge in [0, 0.05) is 17.0 Å². The van der Waals surface area contributed by atoms with Crippen molar-refractivity contribution in [2.75, 3.05) is 17.6 Å². The van der Waals surface area contributed by atoms with Gasteiger partial charge < -0.3 is 15.7 Å². The number of anilines is 1. The fourth-order valence-electron chi connectivity index (χ4n) is 2.35. The van der Waals surface area contributed by atoms with Gasteiger partial charge in [0.25, 0.3) is 0 Å². The Labute approximate surface area is 128 Å². The third kappa shape index (κ3) is 4.14. The molecule has 6 heteroatoms. The minimum Gasteiger partial charge on any atom is -0.478 e. The lowest BCUT2D eigenvalue weighted by molar-refractivity contribution is 0.0696. The summed E-state index contributed by atoms with van der Waals surface area (Å²) in [5.74, 6) is 0.145. The number of thioether (sulfide) groups is 1. The number of carbonyl (C=O) groups is 2. The van der Waals surface area contributed by atoms with Gasteiger partial charge in [-0.3, -0.25) is 0 Å². The van der Waals surface area contributed by atoms with E-state index in [0.717, 1.165) is 12.2 Å². The van der Waals surface area contributed by atoms with Crippen molar-refractivity contribution in [3.05, 3.63) is 29.3 Å². The molecule has 21 heavy (non-hydrogen) atoms. The van der Waals surface area contributed by atoms with Crippen LogP contribution in [0.2, 0.25) is 0 Å². The maximum Gasteiger partial charge on any atom is 0.336 e. The Morgan fingerprint density at radius 3 is 2.81 bits per heavy atom. The fraction of sp³-hybridized carbons (Fsp3) is 0.467. The molecule has 2 rings (SSSR count). The normalized spacial score (nSPS) is 21.0. The molecule has 0 aliphatic carbocycles. The van der Waals surface area contributed by atoms with Crippen LogP contribution in [-0.4, -0.2) is 34.2 Å². The molecule has 0 aromatic heterocycles. The Kier molecular flexibility index (Phi) is 4.77. The summed E-state index contributed by atoms with van der Waals surface area (Å²) >= 11 is 1.88. The van der Waals surface area contributed by atoms with Crippen molar-refractivity contribution in [2.24, 2.45) is 0 Å². The van der Waals surface area contributed by atoms with Crippen LogP contribution in [0.5, 0.6) is 0 Å². The van der Waals surface area contributed by atoms with Gasteiger partial charge in [-0.2, -0.15) is 11.8 Å². The number of benzene rings is 1.